The van der Waals surface area contributed by atoms with Crippen molar-refractivity contribution in [3.8, 4) is 0 Å². The van der Waals surface area contributed by atoms with Gasteiger partial charge in [-0.1, -0.05) is 30.3 Å². The second-order valence-corrected chi connectivity index (χ2v) is 7.35. The molecule has 0 aromatic heterocycles. The van der Waals surface area contributed by atoms with Gasteiger partial charge in [0.2, 0.25) is 0 Å². The number of hydrogen-bond donors (Lipinski definition) is 10. The summed E-state index contributed by atoms with van der Waals surface area (Å²) in [5.41, 5.74) is 16.0. The molecule has 14 heteroatoms. The molecule has 1 saturated heterocycles. The summed E-state index contributed by atoms with van der Waals surface area (Å²) in [6.45, 7) is 1.69. The first-order valence-electron chi connectivity index (χ1n) is 10.5. The highest BCUT2D eigenvalue weighted by atomic mass is 16.4. The van der Waals surface area contributed by atoms with Crippen LogP contribution in [0, 0.1) is 0 Å². The van der Waals surface area contributed by atoms with Crippen molar-refractivity contribution in [2.75, 3.05) is 13.2 Å². The quantitative estimate of drug-likeness (QED) is 0.177. The maximum atomic E-state index is 10.4. The predicted molar refractivity (Wildman–Crippen MR) is 124 cm³/mol. The molecular weight excluding hydrogens is 468 g/mol. The summed E-state index contributed by atoms with van der Waals surface area (Å²) in [5.74, 6) is -4.04. The zero-order chi connectivity index (χ0) is 27.6. The van der Waals surface area contributed by atoms with Crippen molar-refractivity contribution in [1.82, 2.24) is 5.32 Å². The van der Waals surface area contributed by atoms with Crippen LogP contribution < -0.4 is 22.5 Å². The van der Waals surface area contributed by atoms with E-state index in [1.807, 2.05) is 30.3 Å². The summed E-state index contributed by atoms with van der Waals surface area (Å²) in [6.07, 6.45) is 1.19. The fourth-order valence-corrected chi connectivity index (χ4v) is 2.14. The van der Waals surface area contributed by atoms with Crippen LogP contribution in [-0.2, 0) is 25.6 Å². The van der Waals surface area contributed by atoms with Gasteiger partial charge in [-0.05, 0) is 38.3 Å². The lowest BCUT2D eigenvalue weighted by Crippen LogP contribution is -2.39. The number of carbonyl (C=O) groups is 4. The molecule has 1 aromatic rings. The maximum absolute atomic E-state index is 10.4. The van der Waals surface area contributed by atoms with Crippen molar-refractivity contribution >= 4 is 23.9 Å². The minimum Gasteiger partial charge on any atom is -0.480 e. The van der Waals surface area contributed by atoms with E-state index in [0.29, 0.717) is 6.42 Å². The van der Waals surface area contributed by atoms with Gasteiger partial charge in [0.05, 0.1) is 12.7 Å². The Hall–Kier alpha value is -3.14. The van der Waals surface area contributed by atoms with Gasteiger partial charge in [0.1, 0.15) is 24.2 Å². The maximum Gasteiger partial charge on any atom is 0.323 e. The Bertz CT molecular complexity index is 746. The largest absolute Gasteiger partial charge is 0.480 e. The van der Waals surface area contributed by atoms with Crippen LogP contribution in [0.3, 0.4) is 0 Å². The zero-order valence-electron chi connectivity index (χ0n) is 19.4. The van der Waals surface area contributed by atoms with E-state index in [0.717, 1.165) is 24.9 Å². The highest BCUT2D eigenvalue weighted by molar-refractivity contribution is 5.74. The molecule has 1 aromatic carbocycles. The van der Waals surface area contributed by atoms with Crippen molar-refractivity contribution in [2.24, 2.45) is 17.2 Å². The van der Waals surface area contributed by atoms with Gasteiger partial charge in [0.25, 0.3) is 0 Å². The molecule has 0 radical (unpaired) electrons. The van der Waals surface area contributed by atoms with Gasteiger partial charge >= 0.3 is 23.9 Å². The SMILES string of the molecule is CC(O)C(N)C(=O)O.NC(CO)C(=O)O.NC(Cc1ccccc1)C(=O)O.O=C(O)[C@@H]1CCCN1. The second kappa shape index (κ2) is 19.2. The first-order valence-corrected chi connectivity index (χ1v) is 10.5. The van der Waals surface area contributed by atoms with Crippen molar-refractivity contribution < 1.29 is 49.8 Å². The number of nitrogens with two attached hydrogens (primary N) is 3. The molecule has 1 aliphatic rings. The Morgan fingerprint density at radius 1 is 0.943 bits per heavy atom. The molecule has 1 heterocycles. The van der Waals surface area contributed by atoms with E-state index in [1.165, 1.54) is 6.92 Å². The first kappa shape index (κ1) is 34.0. The van der Waals surface area contributed by atoms with Gasteiger partial charge in [-0.3, -0.25) is 19.2 Å². The van der Waals surface area contributed by atoms with Crippen molar-refractivity contribution in [3.63, 3.8) is 0 Å². The molecule has 5 atom stereocenters. The van der Waals surface area contributed by atoms with Gasteiger partial charge in [0.15, 0.2) is 0 Å². The van der Waals surface area contributed by atoms with Crippen molar-refractivity contribution in [2.45, 2.75) is 56.5 Å². The van der Waals surface area contributed by atoms with Crippen LogP contribution in [0.1, 0.15) is 25.3 Å². The number of aliphatic hydroxyl groups excluding tert-OH is 2. The molecule has 0 amide bonds. The standard InChI is InChI=1S/C9H11NO2.C5H9NO2.C4H9NO3.C3H7NO3/c10-8(9(11)12)6-7-4-2-1-3-5-7;7-5(8)4-2-1-3-6-4;1-2(6)3(5)4(7)8;4-2(1-5)3(6)7/h1-5,8H,6,10H2,(H,11,12);4,6H,1-3H2,(H,7,8);2-3,6H,5H2,1H3,(H,7,8);2,5H,1,4H2,(H,6,7)/t;4-;;/m.0../s1. The molecule has 1 fully saturated rings. The van der Waals surface area contributed by atoms with E-state index in [4.69, 9.17) is 47.8 Å². The summed E-state index contributed by atoms with van der Waals surface area (Å²) in [6, 6.07) is 5.99. The molecular formula is C21H36N4O10. The van der Waals surface area contributed by atoms with Gasteiger partial charge in [-0.15, -0.1) is 0 Å². The van der Waals surface area contributed by atoms with Crippen LogP contribution in [0.15, 0.2) is 30.3 Å². The zero-order valence-corrected chi connectivity index (χ0v) is 19.4. The molecule has 0 bridgehead atoms. The fourth-order valence-electron chi connectivity index (χ4n) is 2.14. The van der Waals surface area contributed by atoms with E-state index >= 15 is 0 Å². The summed E-state index contributed by atoms with van der Waals surface area (Å²) >= 11 is 0. The number of aliphatic hydroxyl groups is 2. The monoisotopic (exact) mass is 504 g/mol. The summed E-state index contributed by atoms with van der Waals surface area (Å²) < 4.78 is 0. The number of nitrogens with one attached hydrogen (secondary N) is 1. The van der Waals surface area contributed by atoms with E-state index < -0.39 is 54.7 Å². The van der Waals surface area contributed by atoms with Gasteiger partial charge in [0, 0.05) is 0 Å². The van der Waals surface area contributed by atoms with Crippen LogP contribution in [-0.4, -0.2) is 97.9 Å². The topological polar surface area (TPSA) is 280 Å². The Balaban J connectivity index is 0. The third kappa shape index (κ3) is 17.9. The lowest BCUT2D eigenvalue weighted by molar-refractivity contribution is -0.141. The summed E-state index contributed by atoms with van der Waals surface area (Å²) in [4.78, 5) is 40.0. The Labute approximate surface area is 202 Å². The van der Waals surface area contributed by atoms with Crippen molar-refractivity contribution in [3.05, 3.63) is 35.9 Å². The second-order valence-electron chi connectivity index (χ2n) is 7.35. The van der Waals surface area contributed by atoms with Crippen LogP contribution in [0.5, 0.6) is 0 Å². The molecule has 35 heavy (non-hydrogen) atoms. The Morgan fingerprint density at radius 2 is 1.46 bits per heavy atom. The number of carboxylic acids is 4. The van der Waals surface area contributed by atoms with Crippen LogP contribution >= 0.6 is 0 Å². The smallest absolute Gasteiger partial charge is 0.323 e. The molecule has 200 valence electrons. The first-order chi connectivity index (χ1) is 16.2. The third-order valence-corrected chi connectivity index (χ3v) is 4.29. The number of benzene rings is 1. The molecule has 0 aliphatic carbocycles. The molecule has 13 N–H and O–H groups in total. The Kier molecular flexibility index (Phi) is 18.7. The number of hydrogen-bond acceptors (Lipinski definition) is 10. The lowest BCUT2D eigenvalue weighted by Gasteiger charge is -2.06. The third-order valence-electron chi connectivity index (χ3n) is 4.29. The molecule has 0 saturated carbocycles. The molecule has 14 nitrogen and oxygen atoms in total. The predicted octanol–water partition coefficient (Wildman–Crippen LogP) is -2.37. The highest BCUT2D eigenvalue weighted by Crippen LogP contribution is 2.03. The number of rotatable bonds is 8. The highest BCUT2D eigenvalue weighted by Gasteiger charge is 2.20. The van der Waals surface area contributed by atoms with E-state index in [9.17, 15) is 19.2 Å². The van der Waals surface area contributed by atoms with Crippen molar-refractivity contribution in [1.29, 1.82) is 0 Å². The summed E-state index contributed by atoms with van der Waals surface area (Å²) in [5, 5.41) is 52.2. The normalized spacial score (nSPS) is 17.4. The number of aliphatic carboxylic acids is 4. The lowest BCUT2D eigenvalue weighted by atomic mass is 10.1. The van der Waals surface area contributed by atoms with Crippen LogP contribution in [0.2, 0.25) is 0 Å². The Morgan fingerprint density at radius 3 is 1.69 bits per heavy atom. The van der Waals surface area contributed by atoms with Gasteiger partial charge < -0.3 is 53.2 Å². The van der Waals surface area contributed by atoms with E-state index in [2.05, 4.69) is 5.32 Å². The van der Waals surface area contributed by atoms with Crippen LogP contribution in [0.4, 0.5) is 0 Å². The van der Waals surface area contributed by atoms with Gasteiger partial charge in [-0.2, -0.15) is 0 Å². The minimum absolute atomic E-state index is 0.269. The minimum atomic E-state index is -1.18. The fraction of sp³-hybridized carbons (Fsp3) is 0.524. The average Bonchev–Trinajstić information content (AvgIpc) is 3.35. The van der Waals surface area contributed by atoms with Crippen LogP contribution in [0.25, 0.3) is 0 Å². The molecule has 0 spiro atoms. The number of carboxylic acid groups (broad SMARTS) is 4. The molecule has 2 rings (SSSR count). The molecule has 4 unspecified atom stereocenters. The van der Waals surface area contributed by atoms with Gasteiger partial charge in [-0.25, -0.2) is 0 Å². The summed E-state index contributed by atoms with van der Waals surface area (Å²) in [7, 11) is 0. The average molecular weight is 505 g/mol. The van der Waals surface area contributed by atoms with E-state index in [1.54, 1.807) is 0 Å². The van der Waals surface area contributed by atoms with E-state index in [-0.39, 0.29) is 6.04 Å². The molecule has 1 aliphatic heterocycles.